The molecule has 116 valence electrons. The van der Waals surface area contributed by atoms with Gasteiger partial charge in [0.1, 0.15) is 12.1 Å². The van der Waals surface area contributed by atoms with Gasteiger partial charge in [-0.2, -0.15) is 0 Å². The number of nitrogens with zero attached hydrogens (tertiary/aromatic N) is 3. The number of carbonyl (C=O) groups is 1. The molecule has 1 amide bonds. The quantitative estimate of drug-likeness (QED) is 0.841. The molecule has 0 bridgehead atoms. The first-order chi connectivity index (χ1) is 10.7. The van der Waals surface area contributed by atoms with Gasteiger partial charge in [0.25, 0.3) is 0 Å². The van der Waals surface area contributed by atoms with E-state index in [9.17, 15) is 4.79 Å². The van der Waals surface area contributed by atoms with Crippen LogP contribution in [0.2, 0.25) is 0 Å². The smallest absolute Gasteiger partial charge is 0.230 e. The average Bonchev–Trinajstić information content (AvgIpc) is 2.96. The minimum Gasteiger partial charge on any atom is -0.493 e. The van der Waals surface area contributed by atoms with Crippen molar-refractivity contribution in [1.29, 1.82) is 0 Å². The van der Waals surface area contributed by atoms with Gasteiger partial charge in [0, 0.05) is 19.5 Å². The Labute approximate surface area is 133 Å². The van der Waals surface area contributed by atoms with Gasteiger partial charge in [0.05, 0.1) is 12.4 Å². The highest BCUT2D eigenvalue weighted by Crippen LogP contribution is 2.26. The summed E-state index contributed by atoms with van der Waals surface area (Å²) in [4.78, 5) is 11.9. The summed E-state index contributed by atoms with van der Waals surface area (Å²) < 4.78 is 7.52. The summed E-state index contributed by atoms with van der Waals surface area (Å²) in [6, 6.07) is 8.06. The van der Waals surface area contributed by atoms with Crippen molar-refractivity contribution in [3.05, 3.63) is 36.2 Å². The lowest BCUT2D eigenvalue weighted by Crippen LogP contribution is -2.35. The summed E-state index contributed by atoms with van der Waals surface area (Å²) in [5, 5.41) is 11.4. The third kappa shape index (κ3) is 3.59. The molecule has 0 fully saturated rings. The van der Waals surface area contributed by atoms with E-state index >= 15 is 0 Å². The summed E-state index contributed by atoms with van der Waals surface area (Å²) in [7, 11) is 1.86. The van der Waals surface area contributed by atoms with Crippen LogP contribution in [-0.2, 0) is 18.3 Å². The number of carbonyl (C=O) groups excluding carboxylic acids is 1. The van der Waals surface area contributed by atoms with Crippen LogP contribution in [0.1, 0.15) is 5.56 Å². The number of hydrogen-bond acceptors (Lipinski definition) is 5. The molecule has 1 aromatic heterocycles. The van der Waals surface area contributed by atoms with Gasteiger partial charge < -0.3 is 14.6 Å². The molecule has 2 heterocycles. The van der Waals surface area contributed by atoms with Crippen LogP contribution in [0.4, 0.5) is 0 Å². The van der Waals surface area contributed by atoms with Crippen molar-refractivity contribution in [2.45, 2.75) is 11.6 Å². The molecule has 1 atom stereocenters. The van der Waals surface area contributed by atoms with Gasteiger partial charge in [-0.15, -0.1) is 10.2 Å². The van der Waals surface area contributed by atoms with Crippen LogP contribution in [0.15, 0.2) is 35.7 Å². The Hall–Kier alpha value is -2.02. The fraction of sp³-hybridized carbons (Fsp3) is 0.400. The molecule has 22 heavy (non-hydrogen) atoms. The zero-order valence-electron chi connectivity index (χ0n) is 12.4. The van der Waals surface area contributed by atoms with Gasteiger partial charge in [-0.1, -0.05) is 30.0 Å². The van der Waals surface area contributed by atoms with E-state index in [1.54, 1.807) is 10.9 Å². The molecular weight excluding hydrogens is 300 g/mol. The fourth-order valence-electron chi connectivity index (χ4n) is 2.36. The highest BCUT2D eigenvalue weighted by molar-refractivity contribution is 7.99. The first-order valence-corrected chi connectivity index (χ1v) is 8.15. The van der Waals surface area contributed by atoms with E-state index in [1.807, 2.05) is 25.2 Å². The monoisotopic (exact) mass is 318 g/mol. The minimum absolute atomic E-state index is 0.00635. The Balaban J connectivity index is 1.43. The molecule has 0 spiro atoms. The molecule has 0 radical (unpaired) electrons. The molecule has 1 aliphatic heterocycles. The van der Waals surface area contributed by atoms with E-state index in [4.69, 9.17) is 4.74 Å². The van der Waals surface area contributed by atoms with E-state index in [2.05, 4.69) is 21.6 Å². The maximum atomic E-state index is 11.9. The number of ether oxygens (including phenoxy) is 1. The predicted molar refractivity (Wildman–Crippen MR) is 83.9 cm³/mol. The predicted octanol–water partition coefficient (Wildman–Crippen LogP) is 1.27. The third-order valence-corrected chi connectivity index (χ3v) is 4.58. The maximum absolute atomic E-state index is 11.9. The van der Waals surface area contributed by atoms with Crippen molar-refractivity contribution >= 4 is 17.7 Å². The molecule has 0 aliphatic carbocycles. The van der Waals surface area contributed by atoms with Crippen LogP contribution >= 0.6 is 11.8 Å². The van der Waals surface area contributed by atoms with E-state index in [1.165, 1.54) is 17.3 Å². The number of amides is 1. The van der Waals surface area contributed by atoms with Gasteiger partial charge in [0.15, 0.2) is 5.16 Å². The van der Waals surface area contributed by atoms with Crippen molar-refractivity contribution in [2.75, 3.05) is 18.9 Å². The van der Waals surface area contributed by atoms with Crippen molar-refractivity contribution in [3.8, 4) is 5.75 Å². The summed E-state index contributed by atoms with van der Waals surface area (Å²) >= 11 is 1.38. The SMILES string of the molecule is Cn1cnnc1SCC(=O)NC[C@@H]1COc2ccccc2C1. The third-order valence-electron chi connectivity index (χ3n) is 3.55. The topological polar surface area (TPSA) is 69.0 Å². The van der Waals surface area contributed by atoms with Crippen LogP contribution in [0.5, 0.6) is 5.75 Å². The zero-order chi connectivity index (χ0) is 15.4. The number of rotatable bonds is 5. The second-order valence-corrected chi connectivity index (χ2v) is 6.25. The summed E-state index contributed by atoms with van der Waals surface area (Å²) in [6.07, 6.45) is 2.56. The van der Waals surface area contributed by atoms with E-state index < -0.39 is 0 Å². The fourth-order valence-corrected chi connectivity index (χ4v) is 3.08. The molecule has 1 aliphatic rings. The highest BCUT2D eigenvalue weighted by atomic mass is 32.2. The van der Waals surface area contributed by atoms with Crippen LogP contribution < -0.4 is 10.1 Å². The number of nitrogens with one attached hydrogen (secondary N) is 1. The molecule has 2 aromatic rings. The molecule has 1 N–H and O–H groups in total. The number of aromatic nitrogens is 3. The van der Waals surface area contributed by atoms with Crippen LogP contribution in [0, 0.1) is 5.92 Å². The Bertz CT molecular complexity index is 658. The molecule has 1 aromatic carbocycles. The number of benzene rings is 1. The van der Waals surface area contributed by atoms with E-state index in [0.717, 1.165) is 17.3 Å². The molecular formula is C15H18N4O2S. The number of hydrogen-bond donors (Lipinski definition) is 1. The summed E-state index contributed by atoms with van der Waals surface area (Å²) in [5.41, 5.74) is 1.21. The van der Waals surface area contributed by atoms with E-state index in [-0.39, 0.29) is 5.91 Å². The Morgan fingerprint density at radius 2 is 2.36 bits per heavy atom. The first-order valence-electron chi connectivity index (χ1n) is 7.16. The van der Waals surface area contributed by atoms with Gasteiger partial charge >= 0.3 is 0 Å². The van der Waals surface area contributed by atoms with E-state index in [0.29, 0.717) is 24.8 Å². The molecule has 0 saturated carbocycles. The van der Waals surface area contributed by atoms with Crippen LogP contribution in [-0.4, -0.2) is 39.6 Å². The van der Waals surface area contributed by atoms with Gasteiger partial charge in [-0.05, 0) is 18.1 Å². The largest absolute Gasteiger partial charge is 0.493 e. The van der Waals surface area contributed by atoms with Gasteiger partial charge in [-0.3, -0.25) is 4.79 Å². The molecule has 0 unspecified atom stereocenters. The van der Waals surface area contributed by atoms with Crippen LogP contribution in [0.25, 0.3) is 0 Å². The number of para-hydroxylation sites is 1. The van der Waals surface area contributed by atoms with Crippen molar-refractivity contribution in [3.63, 3.8) is 0 Å². The lowest BCUT2D eigenvalue weighted by molar-refractivity contribution is -0.118. The number of fused-ring (bicyclic) bond motifs is 1. The zero-order valence-corrected chi connectivity index (χ0v) is 13.2. The standard InChI is InChI=1S/C15H18N4O2S/c1-19-10-17-18-15(19)22-9-14(20)16-7-11-6-12-4-2-3-5-13(12)21-8-11/h2-5,10-11H,6-9H2,1H3,(H,16,20)/t11-/m1/s1. The van der Waals surface area contributed by atoms with Gasteiger partial charge in [0.2, 0.25) is 5.91 Å². The molecule has 0 saturated heterocycles. The Kier molecular flexibility index (Phi) is 4.62. The number of aryl methyl sites for hydroxylation is 1. The highest BCUT2D eigenvalue weighted by Gasteiger charge is 2.20. The van der Waals surface area contributed by atoms with Crippen molar-refractivity contribution < 1.29 is 9.53 Å². The second-order valence-electron chi connectivity index (χ2n) is 5.31. The Morgan fingerprint density at radius 1 is 1.50 bits per heavy atom. The summed E-state index contributed by atoms with van der Waals surface area (Å²) in [6.45, 7) is 1.28. The average molecular weight is 318 g/mol. The maximum Gasteiger partial charge on any atom is 0.230 e. The second kappa shape index (κ2) is 6.83. The number of thioether (sulfide) groups is 1. The van der Waals surface area contributed by atoms with Crippen molar-refractivity contribution in [2.24, 2.45) is 13.0 Å². The van der Waals surface area contributed by atoms with Gasteiger partial charge in [-0.25, -0.2) is 0 Å². The normalized spacial score (nSPS) is 16.7. The molecule has 6 nitrogen and oxygen atoms in total. The van der Waals surface area contributed by atoms with Crippen LogP contribution in [0.3, 0.4) is 0 Å². The Morgan fingerprint density at radius 3 is 3.18 bits per heavy atom. The van der Waals surface area contributed by atoms with Crippen molar-refractivity contribution in [1.82, 2.24) is 20.1 Å². The lowest BCUT2D eigenvalue weighted by atomic mass is 9.97. The molecule has 7 heteroatoms. The minimum atomic E-state index is 0.00635. The first kappa shape index (κ1) is 14.9. The summed E-state index contributed by atoms with van der Waals surface area (Å²) in [5.74, 6) is 1.63. The molecule has 3 rings (SSSR count). The lowest BCUT2D eigenvalue weighted by Gasteiger charge is -2.25.